The van der Waals surface area contributed by atoms with Gasteiger partial charge in [-0.25, -0.2) is 4.98 Å². The Kier molecular flexibility index (Phi) is 6.38. The molecule has 0 spiro atoms. The normalized spacial score (nSPS) is 10.8. The number of aromatic nitrogens is 1. The predicted molar refractivity (Wildman–Crippen MR) is 121 cm³/mol. The Morgan fingerprint density at radius 2 is 1.71 bits per heavy atom. The number of nitrogens with one attached hydrogen (secondary N) is 2. The Morgan fingerprint density at radius 3 is 2.39 bits per heavy atom. The molecule has 0 saturated carbocycles. The van der Waals surface area contributed by atoms with E-state index < -0.39 is 5.41 Å². The minimum atomic E-state index is -0.706. The molecule has 0 unspecified atom stereocenters. The molecular formula is C24H21ClN4O2. The van der Waals surface area contributed by atoms with Crippen molar-refractivity contribution in [2.75, 3.05) is 10.6 Å². The molecule has 3 rings (SSSR count). The standard InChI is InChI=1S/C24H21ClN4O2/c1-15-7-8-18(12-20(15)23(31)29-19-9-10-21(25)27-13-19)28-22(30)16-5-4-6-17(11-16)24(2,3)14-26/h4-13H,1-3H3,(H,28,30)(H,29,31). The maximum Gasteiger partial charge on any atom is 0.256 e. The average Bonchev–Trinajstić information content (AvgIpc) is 2.76. The third kappa shape index (κ3) is 5.27. The predicted octanol–water partition coefficient (Wildman–Crippen LogP) is 5.35. The molecule has 0 saturated heterocycles. The molecule has 156 valence electrons. The number of nitriles is 1. The highest BCUT2D eigenvalue weighted by molar-refractivity contribution is 6.29. The summed E-state index contributed by atoms with van der Waals surface area (Å²) >= 11 is 5.77. The maximum atomic E-state index is 12.8. The Morgan fingerprint density at radius 1 is 1.00 bits per heavy atom. The van der Waals surface area contributed by atoms with Gasteiger partial charge in [-0.2, -0.15) is 5.26 Å². The van der Waals surface area contributed by atoms with Crippen molar-refractivity contribution >= 4 is 34.8 Å². The first-order valence-electron chi connectivity index (χ1n) is 9.56. The van der Waals surface area contributed by atoms with Crippen molar-refractivity contribution in [3.05, 3.63) is 88.2 Å². The topological polar surface area (TPSA) is 94.9 Å². The van der Waals surface area contributed by atoms with Gasteiger partial charge in [0.2, 0.25) is 0 Å². The van der Waals surface area contributed by atoms with E-state index in [1.165, 1.54) is 6.20 Å². The monoisotopic (exact) mass is 432 g/mol. The Balaban J connectivity index is 1.79. The molecule has 1 aromatic heterocycles. The highest BCUT2D eigenvalue weighted by atomic mass is 35.5. The van der Waals surface area contributed by atoms with Crippen molar-refractivity contribution in [3.8, 4) is 6.07 Å². The largest absolute Gasteiger partial charge is 0.322 e. The fourth-order valence-electron chi connectivity index (χ4n) is 2.91. The van der Waals surface area contributed by atoms with Crippen molar-refractivity contribution < 1.29 is 9.59 Å². The second-order valence-electron chi connectivity index (χ2n) is 7.63. The molecule has 0 fully saturated rings. The summed E-state index contributed by atoms with van der Waals surface area (Å²) in [5.41, 5.74) is 2.66. The number of anilines is 2. The van der Waals surface area contributed by atoms with Crippen molar-refractivity contribution in [3.63, 3.8) is 0 Å². The third-order valence-corrected chi connectivity index (χ3v) is 5.07. The van der Waals surface area contributed by atoms with Crippen LogP contribution in [0.1, 0.15) is 45.7 Å². The minimum absolute atomic E-state index is 0.324. The van der Waals surface area contributed by atoms with Crippen LogP contribution in [-0.4, -0.2) is 16.8 Å². The quantitative estimate of drug-likeness (QED) is 0.531. The maximum absolute atomic E-state index is 12.8. The van der Waals surface area contributed by atoms with Crippen molar-refractivity contribution in [1.82, 2.24) is 4.98 Å². The fraction of sp³-hybridized carbons (Fsp3) is 0.167. The van der Waals surface area contributed by atoms with E-state index in [0.29, 0.717) is 27.7 Å². The summed E-state index contributed by atoms with van der Waals surface area (Å²) in [6, 6.07) is 17.5. The van der Waals surface area contributed by atoms with E-state index in [0.717, 1.165) is 11.1 Å². The molecule has 0 bridgehead atoms. The molecule has 0 aliphatic carbocycles. The lowest BCUT2D eigenvalue weighted by Crippen LogP contribution is -2.18. The van der Waals surface area contributed by atoms with Gasteiger partial charge in [0.15, 0.2) is 0 Å². The van der Waals surface area contributed by atoms with Gasteiger partial charge in [-0.1, -0.05) is 29.8 Å². The van der Waals surface area contributed by atoms with E-state index in [4.69, 9.17) is 11.6 Å². The SMILES string of the molecule is Cc1ccc(NC(=O)c2cccc(C(C)(C)C#N)c2)cc1C(=O)Nc1ccc(Cl)nc1. The number of carbonyl (C=O) groups excluding carboxylic acids is 2. The first-order chi connectivity index (χ1) is 14.7. The third-order valence-electron chi connectivity index (χ3n) is 4.85. The Bertz CT molecular complexity index is 1180. The van der Waals surface area contributed by atoms with Gasteiger partial charge >= 0.3 is 0 Å². The van der Waals surface area contributed by atoms with Gasteiger partial charge in [0, 0.05) is 16.8 Å². The van der Waals surface area contributed by atoms with Crippen LogP contribution >= 0.6 is 11.6 Å². The number of halogens is 1. The summed E-state index contributed by atoms with van der Waals surface area (Å²) in [6.07, 6.45) is 1.47. The molecule has 2 aromatic carbocycles. The lowest BCUT2D eigenvalue weighted by molar-refractivity contribution is 0.101. The van der Waals surface area contributed by atoms with Crippen LogP contribution in [0.4, 0.5) is 11.4 Å². The number of hydrogen-bond acceptors (Lipinski definition) is 4. The zero-order valence-corrected chi connectivity index (χ0v) is 18.1. The summed E-state index contributed by atoms with van der Waals surface area (Å²) in [6.45, 7) is 5.41. The summed E-state index contributed by atoms with van der Waals surface area (Å²) in [5.74, 6) is -0.650. The molecule has 31 heavy (non-hydrogen) atoms. The van der Waals surface area contributed by atoms with Crippen LogP contribution in [0.3, 0.4) is 0 Å². The zero-order valence-electron chi connectivity index (χ0n) is 17.4. The van der Waals surface area contributed by atoms with Gasteiger partial charge in [0.25, 0.3) is 11.8 Å². The number of benzene rings is 2. The van der Waals surface area contributed by atoms with Crippen LogP contribution in [-0.2, 0) is 5.41 Å². The van der Waals surface area contributed by atoms with E-state index in [-0.39, 0.29) is 11.8 Å². The summed E-state index contributed by atoms with van der Waals surface area (Å²) in [7, 11) is 0. The average molecular weight is 433 g/mol. The van der Waals surface area contributed by atoms with Crippen molar-refractivity contribution in [1.29, 1.82) is 5.26 Å². The number of amides is 2. The number of rotatable bonds is 5. The molecule has 1 heterocycles. The number of nitrogens with zero attached hydrogens (tertiary/aromatic N) is 2. The first kappa shape index (κ1) is 22.0. The second-order valence-corrected chi connectivity index (χ2v) is 8.01. The molecule has 6 nitrogen and oxygen atoms in total. The van der Waals surface area contributed by atoms with Crippen LogP contribution in [0.2, 0.25) is 5.15 Å². The molecule has 0 aliphatic heterocycles. The van der Waals surface area contributed by atoms with Gasteiger partial charge in [0.1, 0.15) is 5.15 Å². The van der Waals surface area contributed by atoms with Gasteiger partial charge in [-0.15, -0.1) is 0 Å². The van der Waals surface area contributed by atoms with E-state index in [2.05, 4.69) is 21.7 Å². The lowest BCUT2D eigenvalue weighted by Gasteiger charge is -2.16. The number of aryl methyl sites for hydroxylation is 1. The second kappa shape index (κ2) is 8.99. The smallest absolute Gasteiger partial charge is 0.256 e. The van der Waals surface area contributed by atoms with Gasteiger partial charge < -0.3 is 10.6 Å². The van der Waals surface area contributed by atoms with Crippen LogP contribution in [0.5, 0.6) is 0 Å². The molecule has 3 aromatic rings. The van der Waals surface area contributed by atoms with E-state index >= 15 is 0 Å². The van der Waals surface area contributed by atoms with E-state index in [9.17, 15) is 14.9 Å². The molecule has 0 aliphatic rings. The highest BCUT2D eigenvalue weighted by Crippen LogP contribution is 2.24. The zero-order chi connectivity index (χ0) is 22.6. The first-order valence-corrected chi connectivity index (χ1v) is 9.94. The number of carbonyl (C=O) groups is 2. The van der Waals surface area contributed by atoms with Crippen LogP contribution in [0.15, 0.2) is 60.8 Å². The molecule has 7 heteroatoms. The summed E-state index contributed by atoms with van der Waals surface area (Å²) in [5, 5.41) is 15.3. The molecule has 2 amide bonds. The van der Waals surface area contributed by atoms with Gasteiger partial charge in [-0.05, 0) is 68.3 Å². The summed E-state index contributed by atoms with van der Waals surface area (Å²) < 4.78 is 0. The number of hydrogen-bond donors (Lipinski definition) is 2. The lowest BCUT2D eigenvalue weighted by atomic mass is 9.85. The van der Waals surface area contributed by atoms with Gasteiger partial charge in [-0.3, -0.25) is 9.59 Å². The van der Waals surface area contributed by atoms with Crippen LogP contribution in [0.25, 0.3) is 0 Å². The fourth-order valence-corrected chi connectivity index (χ4v) is 3.02. The Labute approximate surface area is 185 Å². The van der Waals surface area contributed by atoms with E-state index in [1.807, 2.05) is 13.0 Å². The van der Waals surface area contributed by atoms with Crippen molar-refractivity contribution in [2.45, 2.75) is 26.2 Å². The van der Waals surface area contributed by atoms with Crippen molar-refractivity contribution in [2.24, 2.45) is 0 Å². The molecule has 0 radical (unpaired) electrons. The van der Waals surface area contributed by atoms with Crippen LogP contribution < -0.4 is 10.6 Å². The molecule has 0 atom stereocenters. The van der Waals surface area contributed by atoms with E-state index in [1.54, 1.807) is 62.4 Å². The van der Waals surface area contributed by atoms with Crippen LogP contribution in [0, 0.1) is 18.3 Å². The Hall–Kier alpha value is -3.69. The molecule has 2 N–H and O–H groups in total. The van der Waals surface area contributed by atoms with Gasteiger partial charge in [0.05, 0.1) is 23.4 Å². The molecular weight excluding hydrogens is 412 g/mol. The summed E-state index contributed by atoms with van der Waals surface area (Å²) in [4.78, 5) is 29.4. The highest BCUT2D eigenvalue weighted by Gasteiger charge is 2.21. The number of pyridine rings is 1. The minimum Gasteiger partial charge on any atom is -0.322 e.